The van der Waals surface area contributed by atoms with Crippen LogP contribution >= 0.6 is 0 Å². The largest absolute Gasteiger partial charge is 0.398 e. The predicted octanol–water partition coefficient (Wildman–Crippen LogP) is 3.39. The fourth-order valence-corrected chi connectivity index (χ4v) is 2.06. The van der Waals surface area contributed by atoms with Crippen LogP contribution in [0.1, 0.15) is 0 Å². The molecule has 0 saturated carbocycles. The molecule has 2 N–H and O–H groups in total. The van der Waals surface area contributed by atoms with E-state index in [2.05, 4.69) is 16.0 Å². The van der Waals surface area contributed by atoms with Crippen LogP contribution < -0.4 is 5.73 Å². The average Bonchev–Trinajstić information content (AvgIpc) is 2.49. The van der Waals surface area contributed by atoms with Crippen molar-refractivity contribution in [2.45, 2.75) is 0 Å². The average molecular weight is 247 g/mol. The number of hydrogen-bond acceptors (Lipinski definition) is 3. The number of hydrogen-bond donors (Lipinski definition) is 1. The lowest BCUT2D eigenvalue weighted by molar-refractivity contribution is 1.32. The van der Waals surface area contributed by atoms with E-state index in [1.165, 1.54) is 0 Å². The van der Waals surface area contributed by atoms with Crippen LogP contribution in [-0.2, 0) is 0 Å². The van der Waals surface area contributed by atoms with Crippen LogP contribution in [0.4, 0.5) is 5.69 Å². The van der Waals surface area contributed by atoms with E-state index in [-0.39, 0.29) is 0 Å². The van der Waals surface area contributed by atoms with Gasteiger partial charge in [-0.25, -0.2) is 0 Å². The van der Waals surface area contributed by atoms with Gasteiger partial charge in [0.25, 0.3) is 0 Å². The molecule has 3 heteroatoms. The highest BCUT2D eigenvalue weighted by atomic mass is 14.6. The van der Waals surface area contributed by atoms with Crippen molar-refractivity contribution in [2.75, 3.05) is 5.73 Å². The van der Waals surface area contributed by atoms with Crippen LogP contribution in [0.25, 0.3) is 22.3 Å². The minimum atomic E-state index is 0.745. The van der Waals surface area contributed by atoms with Crippen LogP contribution in [0, 0.1) is 0 Å². The monoisotopic (exact) mass is 247 g/mol. The second kappa shape index (κ2) is 4.90. The molecule has 3 aromatic rings. The van der Waals surface area contributed by atoms with Gasteiger partial charge in [0.15, 0.2) is 0 Å². The number of aromatic nitrogens is 2. The van der Waals surface area contributed by atoms with Crippen molar-refractivity contribution < 1.29 is 0 Å². The first-order valence-corrected chi connectivity index (χ1v) is 6.05. The zero-order valence-corrected chi connectivity index (χ0v) is 10.3. The number of pyridine rings is 2. The smallest absolute Gasteiger partial charge is 0.0400 e. The molecule has 2 aromatic heterocycles. The Labute approximate surface area is 111 Å². The van der Waals surface area contributed by atoms with Crippen LogP contribution in [-0.4, -0.2) is 9.97 Å². The molecule has 0 saturated heterocycles. The maximum atomic E-state index is 6.14. The molecule has 3 rings (SSSR count). The Morgan fingerprint density at radius 1 is 0.737 bits per heavy atom. The zero-order valence-electron chi connectivity index (χ0n) is 10.3. The molecule has 92 valence electrons. The van der Waals surface area contributed by atoms with E-state index in [4.69, 9.17) is 5.73 Å². The molecule has 19 heavy (non-hydrogen) atoms. The minimum absolute atomic E-state index is 0.745. The summed E-state index contributed by atoms with van der Waals surface area (Å²) in [5.74, 6) is 0. The first kappa shape index (κ1) is 11.4. The Kier molecular flexibility index (Phi) is 2.94. The topological polar surface area (TPSA) is 51.8 Å². The quantitative estimate of drug-likeness (QED) is 0.706. The lowest BCUT2D eigenvalue weighted by atomic mass is 10.0. The maximum Gasteiger partial charge on any atom is 0.0400 e. The molecular weight excluding hydrogens is 234 g/mol. The van der Waals surface area contributed by atoms with E-state index in [0.29, 0.717) is 0 Å². The van der Waals surface area contributed by atoms with Crippen LogP contribution in [0.5, 0.6) is 0 Å². The number of rotatable bonds is 2. The van der Waals surface area contributed by atoms with Crippen molar-refractivity contribution in [2.24, 2.45) is 0 Å². The Balaban J connectivity index is 2.04. The van der Waals surface area contributed by atoms with E-state index in [9.17, 15) is 0 Å². The molecule has 0 fully saturated rings. The van der Waals surface area contributed by atoms with Crippen molar-refractivity contribution in [3.63, 3.8) is 0 Å². The third-order valence-electron chi connectivity index (χ3n) is 3.02. The van der Waals surface area contributed by atoms with Gasteiger partial charge in [-0.1, -0.05) is 24.3 Å². The third-order valence-corrected chi connectivity index (χ3v) is 3.02. The van der Waals surface area contributed by atoms with Gasteiger partial charge in [0.2, 0.25) is 0 Å². The summed E-state index contributed by atoms with van der Waals surface area (Å²) in [5, 5.41) is 0. The highest BCUT2D eigenvalue weighted by molar-refractivity contribution is 5.80. The molecule has 0 unspecified atom stereocenters. The first-order valence-electron chi connectivity index (χ1n) is 6.05. The predicted molar refractivity (Wildman–Crippen MR) is 77.3 cm³/mol. The van der Waals surface area contributed by atoms with Gasteiger partial charge >= 0.3 is 0 Å². The third kappa shape index (κ3) is 2.31. The molecule has 0 bridgehead atoms. The van der Waals surface area contributed by atoms with Crippen molar-refractivity contribution >= 4 is 5.69 Å². The van der Waals surface area contributed by atoms with Gasteiger partial charge in [0.1, 0.15) is 0 Å². The maximum absolute atomic E-state index is 6.14. The molecule has 0 aliphatic heterocycles. The van der Waals surface area contributed by atoms with Gasteiger partial charge in [-0.3, -0.25) is 9.97 Å². The molecule has 0 amide bonds. The van der Waals surface area contributed by atoms with E-state index >= 15 is 0 Å². The Morgan fingerprint density at radius 2 is 1.42 bits per heavy atom. The molecule has 0 radical (unpaired) electrons. The number of anilines is 1. The lowest BCUT2D eigenvalue weighted by Gasteiger charge is -2.08. The highest BCUT2D eigenvalue weighted by Gasteiger charge is 2.05. The second-order valence-electron chi connectivity index (χ2n) is 4.29. The van der Waals surface area contributed by atoms with E-state index < -0.39 is 0 Å². The summed E-state index contributed by atoms with van der Waals surface area (Å²) in [7, 11) is 0. The molecule has 1 aromatic carbocycles. The molecule has 0 spiro atoms. The highest BCUT2D eigenvalue weighted by Crippen LogP contribution is 2.29. The molecule has 3 nitrogen and oxygen atoms in total. The number of benzene rings is 1. The molecule has 0 aliphatic rings. The summed E-state index contributed by atoms with van der Waals surface area (Å²) in [6, 6.07) is 13.9. The minimum Gasteiger partial charge on any atom is -0.398 e. The van der Waals surface area contributed by atoms with Gasteiger partial charge in [0, 0.05) is 47.2 Å². The van der Waals surface area contributed by atoms with Gasteiger partial charge in [-0.2, -0.15) is 0 Å². The van der Waals surface area contributed by atoms with Crippen molar-refractivity contribution in [1.82, 2.24) is 9.97 Å². The number of nitrogen functional groups attached to an aromatic ring is 1. The summed E-state index contributed by atoms with van der Waals surface area (Å²) < 4.78 is 0. The normalized spacial score (nSPS) is 10.3. The number of nitrogens with two attached hydrogens (primary N) is 1. The summed E-state index contributed by atoms with van der Waals surface area (Å²) in [5.41, 5.74) is 11.0. The lowest BCUT2D eigenvalue weighted by Crippen LogP contribution is -1.91. The SMILES string of the molecule is Nc1cc(-c2cccnc2)ccc1-c1cccnc1. The van der Waals surface area contributed by atoms with Gasteiger partial charge in [-0.15, -0.1) is 0 Å². The molecular formula is C16H13N3. The standard InChI is InChI=1S/C16H13N3/c17-16-9-12(13-3-1-7-18-10-13)5-6-15(16)14-4-2-8-19-11-14/h1-11H,17H2. The number of nitrogens with zero attached hydrogens (tertiary/aromatic N) is 2. The summed E-state index contributed by atoms with van der Waals surface area (Å²) >= 11 is 0. The zero-order chi connectivity index (χ0) is 13.1. The van der Waals surface area contributed by atoms with Crippen molar-refractivity contribution in [3.8, 4) is 22.3 Å². The van der Waals surface area contributed by atoms with Gasteiger partial charge in [-0.05, 0) is 23.8 Å². The molecule has 0 aliphatic carbocycles. The summed E-state index contributed by atoms with van der Waals surface area (Å²) in [6.45, 7) is 0. The Bertz CT molecular complexity index is 679. The van der Waals surface area contributed by atoms with Gasteiger partial charge < -0.3 is 5.73 Å². The van der Waals surface area contributed by atoms with Crippen LogP contribution in [0.2, 0.25) is 0 Å². The Hall–Kier alpha value is -2.68. The van der Waals surface area contributed by atoms with Gasteiger partial charge in [0.05, 0.1) is 0 Å². The fraction of sp³-hybridized carbons (Fsp3) is 0. The molecule has 0 atom stereocenters. The van der Waals surface area contributed by atoms with Crippen LogP contribution in [0.3, 0.4) is 0 Å². The molecule has 2 heterocycles. The van der Waals surface area contributed by atoms with Crippen LogP contribution in [0.15, 0.2) is 67.3 Å². The Morgan fingerprint density at radius 3 is 2.00 bits per heavy atom. The summed E-state index contributed by atoms with van der Waals surface area (Å²) in [6.07, 6.45) is 7.16. The van der Waals surface area contributed by atoms with E-state index in [0.717, 1.165) is 27.9 Å². The fourth-order valence-electron chi connectivity index (χ4n) is 2.06. The van der Waals surface area contributed by atoms with Crippen molar-refractivity contribution in [1.29, 1.82) is 0 Å². The second-order valence-corrected chi connectivity index (χ2v) is 4.29. The van der Waals surface area contributed by atoms with E-state index in [1.54, 1.807) is 12.4 Å². The summed E-state index contributed by atoms with van der Waals surface area (Å²) in [4.78, 5) is 8.24. The van der Waals surface area contributed by atoms with Crippen molar-refractivity contribution in [3.05, 3.63) is 67.3 Å². The first-order chi connectivity index (χ1) is 9.34. The van der Waals surface area contributed by atoms with E-state index in [1.807, 2.05) is 48.8 Å².